The summed E-state index contributed by atoms with van der Waals surface area (Å²) >= 11 is 11.9. The van der Waals surface area contributed by atoms with Crippen LogP contribution in [0, 0.1) is 0 Å². The van der Waals surface area contributed by atoms with E-state index in [-0.39, 0.29) is 12.1 Å². The molecule has 0 unspecified atom stereocenters. The number of benzene rings is 1. The summed E-state index contributed by atoms with van der Waals surface area (Å²) < 4.78 is 0. The SMILES string of the molecule is CN1CCC(NC(=O)Nc2cc(Cl)ccc2Cl)CC1. The van der Waals surface area contributed by atoms with Crippen LogP contribution >= 0.6 is 23.2 Å². The Hall–Kier alpha value is -0.970. The van der Waals surface area contributed by atoms with E-state index < -0.39 is 0 Å². The summed E-state index contributed by atoms with van der Waals surface area (Å²) in [5.74, 6) is 0. The van der Waals surface area contributed by atoms with Gasteiger partial charge in [0.25, 0.3) is 0 Å². The number of nitrogens with one attached hydrogen (secondary N) is 2. The third-order valence-corrected chi connectivity index (χ3v) is 3.80. The van der Waals surface area contributed by atoms with Crippen molar-refractivity contribution in [2.24, 2.45) is 0 Å². The van der Waals surface area contributed by atoms with E-state index in [4.69, 9.17) is 23.2 Å². The van der Waals surface area contributed by atoms with Gasteiger partial charge in [-0.15, -0.1) is 0 Å². The van der Waals surface area contributed by atoms with Gasteiger partial charge < -0.3 is 15.5 Å². The highest BCUT2D eigenvalue weighted by Crippen LogP contribution is 2.25. The number of carbonyl (C=O) groups is 1. The molecule has 0 atom stereocenters. The molecule has 1 heterocycles. The molecule has 1 aliphatic heterocycles. The van der Waals surface area contributed by atoms with Gasteiger partial charge in [-0.1, -0.05) is 23.2 Å². The second-order valence-corrected chi connectivity index (χ2v) is 5.64. The number of piperidine rings is 1. The number of rotatable bonds is 2. The van der Waals surface area contributed by atoms with Crippen molar-refractivity contribution in [1.82, 2.24) is 10.2 Å². The molecular weight excluding hydrogens is 285 g/mol. The van der Waals surface area contributed by atoms with Crippen molar-refractivity contribution in [2.75, 3.05) is 25.5 Å². The summed E-state index contributed by atoms with van der Waals surface area (Å²) in [5, 5.41) is 6.70. The van der Waals surface area contributed by atoms with Crippen molar-refractivity contribution in [3.8, 4) is 0 Å². The van der Waals surface area contributed by atoms with Gasteiger partial charge in [-0.3, -0.25) is 0 Å². The highest BCUT2D eigenvalue weighted by Gasteiger charge is 2.18. The van der Waals surface area contributed by atoms with Crippen molar-refractivity contribution in [2.45, 2.75) is 18.9 Å². The second kappa shape index (κ2) is 6.46. The van der Waals surface area contributed by atoms with Crippen molar-refractivity contribution < 1.29 is 4.79 Å². The molecular formula is C13H17Cl2N3O. The molecule has 6 heteroatoms. The lowest BCUT2D eigenvalue weighted by Crippen LogP contribution is -2.44. The van der Waals surface area contributed by atoms with Crippen LogP contribution in [0.2, 0.25) is 10.0 Å². The molecule has 1 saturated heterocycles. The molecule has 104 valence electrons. The Kier molecular flexibility index (Phi) is 4.91. The quantitative estimate of drug-likeness (QED) is 0.881. The molecule has 19 heavy (non-hydrogen) atoms. The maximum absolute atomic E-state index is 11.9. The molecule has 4 nitrogen and oxygen atoms in total. The van der Waals surface area contributed by atoms with Crippen LogP contribution in [-0.2, 0) is 0 Å². The number of hydrogen-bond acceptors (Lipinski definition) is 2. The van der Waals surface area contributed by atoms with E-state index in [1.807, 2.05) is 0 Å². The van der Waals surface area contributed by atoms with Gasteiger partial charge in [-0.2, -0.15) is 0 Å². The predicted molar refractivity (Wildman–Crippen MR) is 79.1 cm³/mol. The highest BCUT2D eigenvalue weighted by atomic mass is 35.5. The first kappa shape index (κ1) is 14.4. The van der Waals surface area contributed by atoms with E-state index in [9.17, 15) is 4.79 Å². The zero-order chi connectivity index (χ0) is 13.8. The summed E-state index contributed by atoms with van der Waals surface area (Å²) in [6.07, 6.45) is 1.93. The average molecular weight is 302 g/mol. The molecule has 0 saturated carbocycles. The minimum absolute atomic E-state index is 0.217. The largest absolute Gasteiger partial charge is 0.335 e. The van der Waals surface area contributed by atoms with Crippen molar-refractivity contribution in [3.63, 3.8) is 0 Å². The van der Waals surface area contributed by atoms with Gasteiger partial charge >= 0.3 is 6.03 Å². The third kappa shape index (κ3) is 4.27. The lowest BCUT2D eigenvalue weighted by molar-refractivity contribution is 0.221. The molecule has 1 fully saturated rings. The molecule has 0 aromatic heterocycles. The van der Waals surface area contributed by atoms with Gasteiger partial charge in [0.05, 0.1) is 10.7 Å². The van der Waals surface area contributed by atoms with Crippen LogP contribution in [0.1, 0.15) is 12.8 Å². The van der Waals surface area contributed by atoms with Gasteiger partial charge in [0.1, 0.15) is 0 Å². The summed E-state index contributed by atoms with van der Waals surface area (Å²) in [5.41, 5.74) is 0.527. The van der Waals surface area contributed by atoms with Crippen molar-refractivity contribution in [1.29, 1.82) is 0 Å². The van der Waals surface area contributed by atoms with E-state index in [1.54, 1.807) is 18.2 Å². The van der Waals surface area contributed by atoms with Crippen LogP contribution in [-0.4, -0.2) is 37.1 Å². The number of hydrogen-bond donors (Lipinski definition) is 2. The van der Waals surface area contributed by atoms with Crippen molar-refractivity contribution in [3.05, 3.63) is 28.2 Å². The van der Waals surface area contributed by atoms with Gasteiger partial charge in [0.2, 0.25) is 0 Å². The topological polar surface area (TPSA) is 44.4 Å². The Balaban J connectivity index is 1.89. The van der Waals surface area contributed by atoms with Gasteiger partial charge in [0.15, 0.2) is 0 Å². The minimum Gasteiger partial charge on any atom is -0.335 e. The fraction of sp³-hybridized carbons (Fsp3) is 0.462. The summed E-state index contributed by atoms with van der Waals surface area (Å²) in [6.45, 7) is 2.01. The number of nitrogens with zero attached hydrogens (tertiary/aromatic N) is 1. The lowest BCUT2D eigenvalue weighted by atomic mass is 10.1. The van der Waals surface area contributed by atoms with E-state index in [1.165, 1.54) is 0 Å². The van der Waals surface area contributed by atoms with E-state index in [0.29, 0.717) is 15.7 Å². The first-order valence-corrected chi connectivity index (χ1v) is 7.01. The Morgan fingerprint density at radius 1 is 1.32 bits per heavy atom. The number of halogens is 2. The fourth-order valence-corrected chi connectivity index (χ4v) is 2.43. The van der Waals surface area contributed by atoms with Crippen LogP contribution in [0.3, 0.4) is 0 Å². The fourth-order valence-electron chi connectivity index (χ4n) is 2.09. The number of carbonyl (C=O) groups excluding carboxylic acids is 1. The first-order valence-electron chi connectivity index (χ1n) is 6.25. The normalized spacial score (nSPS) is 17.2. The average Bonchev–Trinajstić information content (AvgIpc) is 2.37. The Morgan fingerprint density at radius 2 is 2.00 bits per heavy atom. The smallest absolute Gasteiger partial charge is 0.319 e. The molecule has 2 amide bonds. The lowest BCUT2D eigenvalue weighted by Gasteiger charge is -2.29. The highest BCUT2D eigenvalue weighted by molar-refractivity contribution is 6.35. The third-order valence-electron chi connectivity index (χ3n) is 3.23. The van der Waals surface area contributed by atoms with Crippen LogP contribution in [0.5, 0.6) is 0 Å². The second-order valence-electron chi connectivity index (χ2n) is 4.80. The molecule has 1 aromatic carbocycles. The van der Waals surface area contributed by atoms with Crippen LogP contribution in [0.4, 0.5) is 10.5 Å². The van der Waals surface area contributed by atoms with E-state index in [0.717, 1.165) is 25.9 Å². The van der Waals surface area contributed by atoms with E-state index >= 15 is 0 Å². The predicted octanol–water partition coefficient (Wildman–Crippen LogP) is 3.21. The van der Waals surface area contributed by atoms with Gasteiger partial charge in [-0.05, 0) is 51.2 Å². The summed E-state index contributed by atoms with van der Waals surface area (Å²) in [4.78, 5) is 14.1. The Morgan fingerprint density at radius 3 is 2.68 bits per heavy atom. The summed E-state index contributed by atoms with van der Waals surface area (Å²) in [7, 11) is 2.09. The van der Waals surface area contributed by atoms with Crippen LogP contribution in [0.25, 0.3) is 0 Å². The van der Waals surface area contributed by atoms with Gasteiger partial charge in [-0.25, -0.2) is 4.79 Å². The monoisotopic (exact) mass is 301 g/mol. The molecule has 0 spiro atoms. The number of urea groups is 1. The minimum atomic E-state index is -0.237. The van der Waals surface area contributed by atoms with Crippen LogP contribution < -0.4 is 10.6 Å². The molecule has 0 bridgehead atoms. The zero-order valence-electron chi connectivity index (χ0n) is 10.7. The summed E-state index contributed by atoms with van der Waals surface area (Å²) in [6, 6.07) is 4.96. The van der Waals surface area contributed by atoms with Crippen molar-refractivity contribution >= 4 is 34.9 Å². The Labute approximate surface area is 123 Å². The van der Waals surface area contributed by atoms with Gasteiger partial charge in [0, 0.05) is 11.1 Å². The Bertz CT molecular complexity index is 459. The molecule has 0 radical (unpaired) electrons. The maximum atomic E-state index is 11.9. The number of anilines is 1. The molecule has 1 aromatic rings. The molecule has 0 aliphatic carbocycles. The first-order chi connectivity index (χ1) is 9.04. The molecule has 1 aliphatic rings. The standard InChI is InChI=1S/C13H17Cl2N3O/c1-18-6-4-10(5-7-18)16-13(19)17-12-8-9(14)2-3-11(12)15/h2-3,8,10H,4-7H2,1H3,(H2,16,17,19). The zero-order valence-corrected chi connectivity index (χ0v) is 12.3. The number of amides is 2. The molecule has 2 rings (SSSR count). The van der Waals surface area contributed by atoms with Crippen LogP contribution in [0.15, 0.2) is 18.2 Å². The van der Waals surface area contributed by atoms with E-state index in [2.05, 4.69) is 22.6 Å². The maximum Gasteiger partial charge on any atom is 0.319 e. The number of likely N-dealkylation sites (tertiary alicyclic amines) is 1. The molecule has 2 N–H and O–H groups in total.